The van der Waals surface area contributed by atoms with Crippen molar-refractivity contribution in [1.29, 1.82) is 0 Å². The van der Waals surface area contributed by atoms with E-state index >= 15 is 0 Å². The molecule has 0 unspecified atom stereocenters. The molecular formula is C23H20N4O2S. The summed E-state index contributed by atoms with van der Waals surface area (Å²) < 4.78 is 13.2. The molecule has 0 bridgehead atoms. The van der Waals surface area contributed by atoms with Crippen LogP contribution < -0.4 is 0 Å². The van der Waals surface area contributed by atoms with Crippen molar-refractivity contribution < 1.29 is 9.26 Å². The van der Waals surface area contributed by atoms with Gasteiger partial charge in [0.05, 0.1) is 12.3 Å². The number of ether oxygens (including phenoxy) is 1. The minimum Gasteiger partial charge on any atom is -0.380 e. The minimum atomic E-state index is 0.507. The predicted molar refractivity (Wildman–Crippen MR) is 117 cm³/mol. The molecule has 0 aliphatic rings. The molecule has 4 heterocycles. The van der Waals surface area contributed by atoms with Crippen molar-refractivity contribution in [3.05, 3.63) is 83.6 Å². The third kappa shape index (κ3) is 3.42. The maximum Gasteiger partial charge on any atom is 0.270 e. The number of pyridine rings is 1. The molecule has 0 saturated carbocycles. The standard InChI is InChI=1S/C23H20N4O2S/c1-15-12-17(14-28-2)19-20(27-10-6-7-11-27)21(30-23(19)24-15)22-25-18(26-29-22)13-16-8-4-3-5-9-16/h3-12H,13-14H2,1-2H3. The Bertz CT molecular complexity index is 1290. The summed E-state index contributed by atoms with van der Waals surface area (Å²) in [4.78, 5) is 11.3. The number of benzene rings is 1. The van der Waals surface area contributed by atoms with Gasteiger partial charge in [-0.3, -0.25) is 0 Å². The molecule has 4 aromatic heterocycles. The third-order valence-electron chi connectivity index (χ3n) is 4.88. The first-order valence-corrected chi connectivity index (χ1v) is 10.5. The van der Waals surface area contributed by atoms with Crippen LogP contribution in [0.25, 0.3) is 26.7 Å². The molecule has 0 aliphatic heterocycles. The number of hydrogen-bond donors (Lipinski definition) is 0. The van der Waals surface area contributed by atoms with Crippen LogP contribution >= 0.6 is 11.3 Å². The monoisotopic (exact) mass is 416 g/mol. The van der Waals surface area contributed by atoms with Crippen molar-refractivity contribution in [2.75, 3.05) is 7.11 Å². The highest BCUT2D eigenvalue weighted by Crippen LogP contribution is 2.41. The number of aromatic nitrogens is 4. The number of hydrogen-bond acceptors (Lipinski definition) is 6. The highest BCUT2D eigenvalue weighted by atomic mass is 32.1. The molecule has 0 aliphatic carbocycles. The van der Waals surface area contributed by atoms with Crippen LogP contribution in [-0.2, 0) is 17.8 Å². The van der Waals surface area contributed by atoms with Gasteiger partial charge >= 0.3 is 0 Å². The topological polar surface area (TPSA) is 66.0 Å². The zero-order valence-electron chi connectivity index (χ0n) is 16.7. The molecule has 5 aromatic rings. The Morgan fingerprint density at radius 1 is 1.07 bits per heavy atom. The van der Waals surface area contributed by atoms with E-state index in [9.17, 15) is 0 Å². The van der Waals surface area contributed by atoms with Crippen LogP contribution in [0.15, 0.2) is 65.4 Å². The van der Waals surface area contributed by atoms with E-state index in [0.29, 0.717) is 24.7 Å². The van der Waals surface area contributed by atoms with Gasteiger partial charge in [0.1, 0.15) is 9.71 Å². The Morgan fingerprint density at radius 3 is 2.63 bits per heavy atom. The van der Waals surface area contributed by atoms with Crippen molar-refractivity contribution in [1.82, 2.24) is 19.7 Å². The Labute approximate surface area is 177 Å². The van der Waals surface area contributed by atoms with Gasteiger partial charge in [-0.15, -0.1) is 11.3 Å². The second-order valence-electron chi connectivity index (χ2n) is 7.08. The quantitative estimate of drug-likeness (QED) is 0.381. The lowest BCUT2D eigenvalue weighted by molar-refractivity contribution is 0.186. The fourth-order valence-electron chi connectivity index (χ4n) is 3.64. The van der Waals surface area contributed by atoms with Gasteiger partial charge in [0, 0.05) is 37.0 Å². The highest BCUT2D eigenvalue weighted by Gasteiger charge is 2.23. The smallest absolute Gasteiger partial charge is 0.270 e. The molecule has 30 heavy (non-hydrogen) atoms. The summed E-state index contributed by atoms with van der Waals surface area (Å²) in [6.45, 7) is 2.51. The summed E-state index contributed by atoms with van der Waals surface area (Å²) in [6, 6.07) is 16.2. The summed E-state index contributed by atoms with van der Waals surface area (Å²) in [5.41, 5.74) is 4.19. The number of thiophene rings is 1. The van der Waals surface area contributed by atoms with E-state index in [1.54, 1.807) is 18.4 Å². The zero-order valence-corrected chi connectivity index (χ0v) is 17.5. The lowest BCUT2D eigenvalue weighted by Crippen LogP contribution is -1.97. The number of fused-ring (bicyclic) bond motifs is 1. The van der Waals surface area contributed by atoms with Crippen molar-refractivity contribution in [3.8, 4) is 16.5 Å². The number of methoxy groups -OCH3 is 1. The van der Waals surface area contributed by atoms with E-state index in [0.717, 1.165) is 37.6 Å². The average Bonchev–Trinajstić information content (AvgIpc) is 3.48. The van der Waals surface area contributed by atoms with Crippen molar-refractivity contribution in [2.24, 2.45) is 0 Å². The lowest BCUT2D eigenvalue weighted by atomic mass is 10.1. The Kier molecular flexibility index (Phi) is 4.90. The van der Waals surface area contributed by atoms with E-state index in [4.69, 9.17) is 19.2 Å². The molecule has 0 fully saturated rings. The molecular weight excluding hydrogens is 396 g/mol. The van der Waals surface area contributed by atoms with Crippen LogP contribution in [-0.4, -0.2) is 26.8 Å². The van der Waals surface area contributed by atoms with Gasteiger partial charge in [0.25, 0.3) is 5.89 Å². The Hall–Kier alpha value is -3.29. The van der Waals surface area contributed by atoms with Crippen molar-refractivity contribution in [2.45, 2.75) is 20.0 Å². The SMILES string of the molecule is COCc1cc(C)nc2sc(-c3nc(Cc4ccccc4)no3)c(-n3cccc3)c12. The number of nitrogens with zero attached hydrogens (tertiary/aromatic N) is 4. The number of aryl methyl sites for hydroxylation is 1. The molecule has 0 radical (unpaired) electrons. The van der Waals surface area contributed by atoms with Gasteiger partial charge < -0.3 is 13.8 Å². The summed E-state index contributed by atoms with van der Waals surface area (Å²) in [5, 5.41) is 5.28. The van der Waals surface area contributed by atoms with Crippen molar-refractivity contribution in [3.63, 3.8) is 0 Å². The normalized spacial score (nSPS) is 11.4. The van der Waals surface area contributed by atoms with E-state index < -0.39 is 0 Å². The van der Waals surface area contributed by atoms with Crippen LogP contribution in [0.3, 0.4) is 0 Å². The molecule has 0 saturated heterocycles. The van der Waals surface area contributed by atoms with E-state index in [-0.39, 0.29) is 0 Å². The average molecular weight is 417 g/mol. The first-order valence-electron chi connectivity index (χ1n) is 9.65. The van der Waals surface area contributed by atoms with Gasteiger partial charge in [-0.05, 0) is 36.2 Å². The molecule has 0 amide bonds. The second-order valence-corrected chi connectivity index (χ2v) is 8.08. The van der Waals surface area contributed by atoms with Crippen LogP contribution in [0, 0.1) is 6.92 Å². The van der Waals surface area contributed by atoms with Gasteiger partial charge in [-0.25, -0.2) is 4.98 Å². The largest absolute Gasteiger partial charge is 0.380 e. The fourth-order valence-corrected chi connectivity index (χ4v) is 4.82. The highest BCUT2D eigenvalue weighted by molar-refractivity contribution is 7.22. The molecule has 6 nitrogen and oxygen atoms in total. The van der Waals surface area contributed by atoms with Gasteiger partial charge in [0.2, 0.25) is 0 Å². The second kappa shape index (κ2) is 7.85. The molecule has 7 heteroatoms. The van der Waals surface area contributed by atoms with Crippen LogP contribution in [0.1, 0.15) is 22.6 Å². The molecule has 0 atom stereocenters. The summed E-state index contributed by atoms with van der Waals surface area (Å²) >= 11 is 1.57. The predicted octanol–water partition coefficient (Wildman–Crippen LogP) is 5.18. The van der Waals surface area contributed by atoms with E-state index in [1.165, 1.54) is 0 Å². The van der Waals surface area contributed by atoms with Crippen molar-refractivity contribution >= 4 is 21.6 Å². The van der Waals surface area contributed by atoms with Crippen LogP contribution in [0.4, 0.5) is 0 Å². The maximum absolute atomic E-state index is 5.70. The minimum absolute atomic E-state index is 0.507. The molecule has 0 N–H and O–H groups in total. The van der Waals surface area contributed by atoms with Gasteiger partial charge in [0.15, 0.2) is 5.82 Å². The third-order valence-corrected chi connectivity index (χ3v) is 5.94. The Morgan fingerprint density at radius 2 is 1.87 bits per heavy atom. The molecule has 0 spiro atoms. The van der Waals surface area contributed by atoms with E-state index in [1.807, 2.05) is 49.6 Å². The Balaban J connectivity index is 1.66. The van der Waals surface area contributed by atoms with E-state index in [2.05, 4.69) is 27.9 Å². The van der Waals surface area contributed by atoms with Gasteiger partial charge in [-0.1, -0.05) is 35.5 Å². The van der Waals surface area contributed by atoms with Gasteiger partial charge in [-0.2, -0.15) is 4.98 Å². The molecule has 1 aromatic carbocycles. The lowest BCUT2D eigenvalue weighted by Gasteiger charge is -2.08. The fraction of sp³-hybridized carbons (Fsp3) is 0.174. The first-order chi connectivity index (χ1) is 14.7. The summed E-state index contributed by atoms with van der Waals surface area (Å²) in [5.74, 6) is 1.17. The molecule has 150 valence electrons. The first kappa shape index (κ1) is 18.7. The summed E-state index contributed by atoms with van der Waals surface area (Å²) in [6.07, 6.45) is 4.66. The van der Waals surface area contributed by atoms with Crippen LogP contribution in [0.2, 0.25) is 0 Å². The number of rotatable bonds is 6. The van der Waals surface area contributed by atoms with Crippen LogP contribution in [0.5, 0.6) is 0 Å². The summed E-state index contributed by atoms with van der Waals surface area (Å²) in [7, 11) is 1.71. The maximum atomic E-state index is 5.70. The zero-order chi connectivity index (χ0) is 20.5. The molecule has 5 rings (SSSR count).